The fourth-order valence-corrected chi connectivity index (χ4v) is 1.26. The summed E-state index contributed by atoms with van der Waals surface area (Å²) in [4.78, 5) is 4.17. The molecule has 0 aromatic carbocycles. The minimum Gasteiger partial charge on any atom is -0.463 e. The van der Waals surface area contributed by atoms with Gasteiger partial charge in [-0.1, -0.05) is 0 Å². The second-order valence-corrected chi connectivity index (χ2v) is 2.89. The van der Waals surface area contributed by atoms with E-state index in [9.17, 15) is 0 Å². The highest BCUT2D eigenvalue weighted by Gasteiger charge is 2.16. The topological polar surface area (TPSA) is 53.1 Å². The maximum Gasteiger partial charge on any atom is 0.296 e. The normalized spacial score (nSPS) is 22.5. The first-order chi connectivity index (χ1) is 5.25. The second-order valence-electron chi connectivity index (χ2n) is 2.89. The standard InChI is InChI=1S/C7H11N3O/c1-5-2-10-3-6(8)4-11-7(10)9-5/h2,6H,3-4,8H2,1H3/t6-/m0/s1. The fourth-order valence-electron chi connectivity index (χ4n) is 1.26. The van der Waals surface area contributed by atoms with Crippen LogP contribution in [0, 0.1) is 6.92 Å². The molecule has 2 N–H and O–H groups in total. The highest BCUT2D eigenvalue weighted by Crippen LogP contribution is 2.15. The minimum absolute atomic E-state index is 0.107. The van der Waals surface area contributed by atoms with E-state index in [0.717, 1.165) is 12.2 Å². The molecule has 2 heterocycles. The lowest BCUT2D eigenvalue weighted by molar-refractivity contribution is 0.207. The Labute approximate surface area is 65.0 Å². The number of nitrogens with zero attached hydrogens (tertiary/aromatic N) is 2. The Bertz CT molecular complexity index is 269. The lowest BCUT2D eigenvalue weighted by Crippen LogP contribution is -2.36. The molecule has 0 radical (unpaired) electrons. The van der Waals surface area contributed by atoms with Gasteiger partial charge in [-0.05, 0) is 6.92 Å². The predicted molar refractivity (Wildman–Crippen MR) is 40.4 cm³/mol. The maximum absolute atomic E-state index is 5.69. The summed E-state index contributed by atoms with van der Waals surface area (Å²) in [7, 11) is 0. The van der Waals surface area contributed by atoms with E-state index >= 15 is 0 Å². The molecule has 0 bridgehead atoms. The van der Waals surface area contributed by atoms with E-state index in [1.807, 2.05) is 17.7 Å². The van der Waals surface area contributed by atoms with Gasteiger partial charge in [-0.2, -0.15) is 0 Å². The van der Waals surface area contributed by atoms with Crippen LogP contribution >= 0.6 is 0 Å². The number of hydrogen-bond acceptors (Lipinski definition) is 3. The van der Waals surface area contributed by atoms with Crippen molar-refractivity contribution >= 4 is 0 Å². The van der Waals surface area contributed by atoms with Crippen molar-refractivity contribution in [2.45, 2.75) is 19.5 Å². The molecule has 0 aliphatic carbocycles. The van der Waals surface area contributed by atoms with Crippen molar-refractivity contribution in [2.75, 3.05) is 6.61 Å². The summed E-state index contributed by atoms with van der Waals surface area (Å²) >= 11 is 0. The summed E-state index contributed by atoms with van der Waals surface area (Å²) in [6, 6.07) is 0.806. The van der Waals surface area contributed by atoms with Crippen molar-refractivity contribution < 1.29 is 4.74 Å². The van der Waals surface area contributed by atoms with E-state index < -0.39 is 0 Å². The lowest BCUT2D eigenvalue weighted by Gasteiger charge is -2.20. The number of aryl methyl sites for hydroxylation is 1. The van der Waals surface area contributed by atoms with Crippen LogP contribution in [0.15, 0.2) is 6.20 Å². The van der Waals surface area contributed by atoms with Crippen LogP contribution in [0.4, 0.5) is 0 Å². The third-order valence-corrected chi connectivity index (χ3v) is 1.72. The van der Waals surface area contributed by atoms with Gasteiger partial charge in [-0.15, -0.1) is 0 Å². The largest absolute Gasteiger partial charge is 0.463 e. The second kappa shape index (κ2) is 2.23. The average Bonchev–Trinajstić information content (AvgIpc) is 2.27. The van der Waals surface area contributed by atoms with Crippen molar-refractivity contribution in [2.24, 2.45) is 5.73 Å². The highest BCUT2D eigenvalue weighted by atomic mass is 16.5. The predicted octanol–water partition coefficient (Wildman–Crippen LogP) is -0.0888. The Kier molecular flexibility index (Phi) is 1.35. The fraction of sp³-hybridized carbons (Fsp3) is 0.571. The van der Waals surface area contributed by atoms with Crippen LogP contribution in [0.25, 0.3) is 0 Å². The molecule has 1 aromatic heterocycles. The zero-order valence-corrected chi connectivity index (χ0v) is 6.45. The molecule has 2 rings (SSSR count). The molecule has 0 saturated carbocycles. The molecule has 60 valence electrons. The lowest BCUT2D eigenvalue weighted by atomic mass is 10.3. The maximum atomic E-state index is 5.69. The van der Waals surface area contributed by atoms with Gasteiger partial charge in [0.25, 0.3) is 6.01 Å². The Balaban J connectivity index is 2.34. The van der Waals surface area contributed by atoms with Crippen molar-refractivity contribution in [1.82, 2.24) is 9.55 Å². The first kappa shape index (κ1) is 6.67. The Morgan fingerprint density at radius 2 is 2.64 bits per heavy atom. The Hall–Kier alpha value is -1.03. The third kappa shape index (κ3) is 1.09. The molecule has 0 spiro atoms. The number of rotatable bonds is 0. The number of ether oxygens (including phenoxy) is 1. The molecule has 0 unspecified atom stereocenters. The highest BCUT2D eigenvalue weighted by molar-refractivity contribution is 5.09. The summed E-state index contributed by atoms with van der Waals surface area (Å²) in [5, 5.41) is 0. The van der Waals surface area contributed by atoms with Crippen LogP contribution in [-0.2, 0) is 6.54 Å². The number of imidazole rings is 1. The van der Waals surface area contributed by atoms with Gasteiger partial charge < -0.3 is 10.5 Å². The zero-order chi connectivity index (χ0) is 7.84. The van der Waals surface area contributed by atoms with Gasteiger partial charge in [0.15, 0.2) is 0 Å². The molecule has 1 aromatic rings. The molecule has 1 aliphatic heterocycles. The van der Waals surface area contributed by atoms with Gasteiger partial charge in [0, 0.05) is 12.7 Å². The molecule has 1 atom stereocenters. The van der Waals surface area contributed by atoms with Crippen LogP contribution in [-0.4, -0.2) is 22.2 Å². The van der Waals surface area contributed by atoms with Crippen molar-refractivity contribution in [1.29, 1.82) is 0 Å². The van der Waals surface area contributed by atoms with E-state index in [4.69, 9.17) is 10.5 Å². The zero-order valence-electron chi connectivity index (χ0n) is 6.45. The molecule has 0 amide bonds. The number of nitrogens with two attached hydrogens (primary N) is 1. The van der Waals surface area contributed by atoms with Crippen LogP contribution in [0.3, 0.4) is 0 Å². The summed E-state index contributed by atoms with van der Waals surface area (Å²) < 4.78 is 7.23. The van der Waals surface area contributed by atoms with Crippen LogP contribution in [0.2, 0.25) is 0 Å². The number of hydrogen-bond donors (Lipinski definition) is 1. The van der Waals surface area contributed by atoms with Gasteiger partial charge in [0.1, 0.15) is 6.61 Å². The summed E-state index contributed by atoms with van der Waals surface area (Å²) in [5.41, 5.74) is 6.67. The molecule has 0 fully saturated rings. The van der Waals surface area contributed by atoms with Crippen LogP contribution in [0.5, 0.6) is 6.01 Å². The van der Waals surface area contributed by atoms with E-state index in [1.165, 1.54) is 0 Å². The van der Waals surface area contributed by atoms with Crippen LogP contribution in [0.1, 0.15) is 5.69 Å². The van der Waals surface area contributed by atoms with Gasteiger partial charge in [-0.25, -0.2) is 4.98 Å². The van der Waals surface area contributed by atoms with Crippen molar-refractivity contribution in [3.8, 4) is 6.01 Å². The summed E-state index contributed by atoms with van der Waals surface area (Å²) in [5.74, 6) is 0. The molecule has 11 heavy (non-hydrogen) atoms. The monoisotopic (exact) mass is 153 g/mol. The molecule has 1 aliphatic rings. The molecular formula is C7H11N3O. The minimum atomic E-state index is 0.107. The van der Waals surface area contributed by atoms with Gasteiger partial charge >= 0.3 is 0 Å². The number of aromatic nitrogens is 2. The SMILES string of the molecule is Cc1cn2c(n1)OC[C@@H](N)C2. The smallest absolute Gasteiger partial charge is 0.296 e. The quantitative estimate of drug-likeness (QED) is 0.566. The van der Waals surface area contributed by atoms with Crippen LogP contribution < -0.4 is 10.5 Å². The van der Waals surface area contributed by atoms with Gasteiger partial charge in [-0.3, -0.25) is 4.57 Å². The van der Waals surface area contributed by atoms with Crippen molar-refractivity contribution in [3.05, 3.63) is 11.9 Å². The molecule has 4 nitrogen and oxygen atoms in total. The van der Waals surface area contributed by atoms with Crippen molar-refractivity contribution in [3.63, 3.8) is 0 Å². The summed E-state index contributed by atoms with van der Waals surface area (Å²) in [6.07, 6.45) is 1.95. The van der Waals surface area contributed by atoms with E-state index in [1.54, 1.807) is 0 Å². The number of fused-ring (bicyclic) bond motifs is 1. The Morgan fingerprint density at radius 3 is 3.45 bits per heavy atom. The third-order valence-electron chi connectivity index (χ3n) is 1.72. The van der Waals surface area contributed by atoms with E-state index in [2.05, 4.69) is 4.98 Å². The molecular weight excluding hydrogens is 142 g/mol. The molecule has 0 saturated heterocycles. The van der Waals surface area contributed by atoms with Gasteiger partial charge in [0.2, 0.25) is 0 Å². The first-order valence-corrected chi connectivity index (χ1v) is 3.68. The summed E-state index contributed by atoms with van der Waals surface area (Å²) in [6.45, 7) is 3.34. The Morgan fingerprint density at radius 1 is 1.82 bits per heavy atom. The first-order valence-electron chi connectivity index (χ1n) is 3.68. The van der Waals surface area contributed by atoms with E-state index in [-0.39, 0.29) is 6.04 Å². The van der Waals surface area contributed by atoms with E-state index in [0.29, 0.717) is 12.6 Å². The van der Waals surface area contributed by atoms with Gasteiger partial charge in [0.05, 0.1) is 11.7 Å². The average molecular weight is 153 g/mol. The molecule has 4 heteroatoms.